The number of rotatable bonds is 5. The van der Waals surface area contributed by atoms with Gasteiger partial charge in [-0.25, -0.2) is 9.79 Å². The summed E-state index contributed by atoms with van der Waals surface area (Å²) in [5.74, 6) is -0.0716. The molecule has 0 atom stereocenters. The highest BCUT2D eigenvalue weighted by Gasteiger charge is 2.24. The van der Waals surface area contributed by atoms with Crippen molar-refractivity contribution >= 4 is 46.5 Å². The summed E-state index contributed by atoms with van der Waals surface area (Å²) in [5.41, 5.74) is 1.64. The van der Waals surface area contributed by atoms with Gasteiger partial charge >= 0.3 is 11.9 Å². The zero-order valence-corrected chi connectivity index (χ0v) is 16.2. The Bertz CT molecular complexity index is 900. The van der Waals surface area contributed by atoms with E-state index >= 15 is 0 Å². The fourth-order valence-corrected chi connectivity index (χ4v) is 2.70. The first-order chi connectivity index (χ1) is 12.5. The molecule has 26 heavy (non-hydrogen) atoms. The lowest BCUT2D eigenvalue weighted by molar-refractivity contribution is -0.134. The minimum absolute atomic E-state index is 0.204. The second kappa shape index (κ2) is 8.27. The number of carbonyl (C=O) groups excluding carboxylic acids is 2. The summed E-state index contributed by atoms with van der Waals surface area (Å²) in [7, 11) is 0. The summed E-state index contributed by atoms with van der Waals surface area (Å²) >= 11 is 2.20. The summed E-state index contributed by atoms with van der Waals surface area (Å²) in [6.45, 7) is 1.91. The summed E-state index contributed by atoms with van der Waals surface area (Å²) in [6, 6.07) is 14.5. The molecule has 0 aromatic heterocycles. The van der Waals surface area contributed by atoms with Gasteiger partial charge in [0.05, 0.1) is 0 Å². The van der Waals surface area contributed by atoms with E-state index in [-0.39, 0.29) is 17.6 Å². The van der Waals surface area contributed by atoms with Gasteiger partial charge in [-0.2, -0.15) is 0 Å². The SMILES string of the molecule is CCCC(=O)Oc1cccc(/C=C2\N=C(c3ccc(I)cc3)OC2=O)c1. The molecular weight excluding hydrogens is 445 g/mol. The van der Waals surface area contributed by atoms with Crippen LogP contribution in [0.2, 0.25) is 0 Å². The number of nitrogens with zero attached hydrogens (tertiary/aromatic N) is 1. The molecule has 3 rings (SSSR count). The van der Waals surface area contributed by atoms with Gasteiger partial charge in [0, 0.05) is 15.6 Å². The summed E-state index contributed by atoms with van der Waals surface area (Å²) in [4.78, 5) is 28.0. The highest BCUT2D eigenvalue weighted by molar-refractivity contribution is 14.1. The van der Waals surface area contributed by atoms with Gasteiger partial charge in [-0.3, -0.25) is 4.79 Å². The first kappa shape index (κ1) is 18.3. The normalized spacial score (nSPS) is 14.9. The van der Waals surface area contributed by atoms with E-state index in [1.54, 1.807) is 30.3 Å². The second-order valence-corrected chi connectivity index (χ2v) is 6.89. The Morgan fingerprint density at radius 2 is 2.00 bits per heavy atom. The predicted molar refractivity (Wildman–Crippen MR) is 107 cm³/mol. The maximum atomic E-state index is 12.1. The number of cyclic esters (lactones) is 1. The van der Waals surface area contributed by atoms with Crippen LogP contribution in [0.4, 0.5) is 0 Å². The lowest BCUT2D eigenvalue weighted by Gasteiger charge is -2.04. The highest BCUT2D eigenvalue weighted by Crippen LogP contribution is 2.22. The lowest BCUT2D eigenvalue weighted by atomic mass is 10.2. The van der Waals surface area contributed by atoms with E-state index in [9.17, 15) is 9.59 Å². The van der Waals surface area contributed by atoms with Gasteiger partial charge in [0.15, 0.2) is 5.70 Å². The Balaban J connectivity index is 1.82. The van der Waals surface area contributed by atoms with Crippen LogP contribution in [0.5, 0.6) is 5.75 Å². The van der Waals surface area contributed by atoms with E-state index in [0.717, 1.165) is 15.6 Å². The van der Waals surface area contributed by atoms with Crippen molar-refractivity contribution in [3.05, 3.63) is 68.9 Å². The number of hydrogen-bond acceptors (Lipinski definition) is 5. The highest BCUT2D eigenvalue weighted by atomic mass is 127. The molecule has 0 spiro atoms. The van der Waals surface area contributed by atoms with E-state index < -0.39 is 5.97 Å². The second-order valence-electron chi connectivity index (χ2n) is 5.64. The molecule has 0 amide bonds. The van der Waals surface area contributed by atoms with Crippen LogP contribution in [0.1, 0.15) is 30.9 Å². The molecular formula is C20H16INO4. The Morgan fingerprint density at radius 1 is 1.23 bits per heavy atom. The molecule has 5 nitrogen and oxygen atoms in total. The molecule has 0 aliphatic carbocycles. The molecule has 1 heterocycles. The molecule has 2 aromatic rings. The molecule has 6 heteroatoms. The van der Waals surface area contributed by atoms with Crippen molar-refractivity contribution in [3.8, 4) is 5.75 Å². The Hall–Kier alpha value is -2.48. The molecule has 0 bridgehead atoms. The third kappa shape index (κ3) is 4.57. The van der Waals surface area contributed by atoms with E-state index in [4.69, 9.17) is 9.47 Å². The Labute approximate surface area is 164 Å². The van der Waals surface area contributed by atoms with Crippen LogP contribution in [0, 0.1) is 3.57 Å². The third-order valence-electron chi connectivity index (χ3n) is 3.56. The number of halogens is 1. The molecule has 0 N–H and O–H groups in total. The molecule has 0 fully saturated rings. The maximum Gasteiger partial charge on any atom is 0.363 e. The van der Waals surface area contributed by atoms with Crippen LogP contribution in [-0.4, -0.2) is 17.8 Å². The molecule has 0 saturated carbocycles. The quantitative estimate of drug-likeness (QED) is 0.288. The van der Waals surface area contributed by atoms with Gasteiger partial charge in [-0.05, 0) is 77.0 Å². The van der Waals surface area contributed by atoms with Crippen molar-refractivity contribution in [2.24, 2.45) is 4.99 Å². The van der Waals surface area contributed by atoms with Crippen LogP contribution < -0.4 is 4.74 Å². The average Bonchev–Trinajstić information content (AvgIpc) is 2.96. The minimum Gasteiger partial charge on any atom is -0.427 e. The fraction of sp³-hybridized carbons (Fsp3) is 0.150. The van der Waals surface area contributed by atoms with Crippen LogP contribution in [-0.2, 0) is 14.3 Å². The fourth-order valence-electron chi connectivity index (χ4n) is 2.34. The number of ether oxygens (including phenoxy) is 2. The summed E-state index contributed by atoms with van der Waals surface area (Å²) < 4.78 is 11.6. The van der Waals surface area contributed by atoms with Gasteiger partial charge < -0.3 is 9.47 Å². The molecule has 0 unspecified atom stereocenters. The number of aliphatic imine (C=N–C) groups is 1. The van der Waals surface area contributed by atoms with Crippen molar-refractivity contribution in [3.63, 3.8) is 0 Å². The topological polar surface area (TPSA) is 65.0 Å². The van der Waals surface area contributed by atoms with Gasteiger partial charge in [-0.15, -0.1) is 0 Å². The van der Waals surface area contributed by atoms with Gasteiger partial charge in [0.25, 0.3) is 0 Å². The first-order valence-corrected chi connectivity index (χ1v) is 9.22. The van der Waals surface area contributed by atoms with Gasteiger partial charge in [0.2, 0.25) is 5.90 Å². The Kier molecular flexibility index (Phi) is 5.82. The zero-order chi connectivity index (χ0) is 18.5. The smallest absolute Gasteiger partial charge is 0.363 e. The Morgan fingerprint density at radius 3 is 2.73 bits per heavy atom. The molecule has 0 saturated heterocycles. The molecule has 132 valence electrons. The van der Waals surface area contributed by atoms with E-state index in [1.165, 1.54) is 0 Å². The molecule has 1 aliphatic heterocycles. The minimum atomic E-state index is -0.507. The van der Waals surface area contributed by atoms with Gasteiger partial charge in [0.1, 0.15) is 5.75 Å². The third-order valence-corrected chi connectivity index (χ3v) is 4.28. The number of benzene rings is 2. The van der Waals surface area contributed by atoms with E-state index in [1.807, 2.05) is 31.2 Å². The zero-order valence-electron chi connectivity index (χ0n) is 14.1. The van der Waals surface area contributed by atoms with E-state index in [2.05, 4.69) is 27.6 Å². The van der Waals surface area contributed by atoms with Crippen molar-refractivity contribution in [2.75, 3.05) is 0 Å². The summed E-state index contributed by atoms with van der Waals surface area (Å²) in [5, 5.41) is 0. The standard InChI is InChI=1S/C20H16INO4/c1-2-4-18(23)25-16-6-3-5-13(11-16)12-17-20(24)26-19(22-17)14-7-9-15(21)10-8-14/h3,5-12H,2,4H2,1H3/b17-12-. The van der Waals surface area contributed by atoms with Crippen molar-refractivity contribution in [1.82, 2.24) is 0 Å². The van der Waals surface area contributed by atoms with Crippen LogP contribution in [0.15, 0.2) is 59.2 Å². The largest absolute Gasteiger partial charge is 0.427 e. The van der Waals surface area contributed by atoms with Crippen molar-refractivity contribution in [1.29, 1.82) is 0 Å². The average molecular weight is 461 g/mol. The summed E-state index contributed by atoms with van der Waals surface area (Å²) in [6.07, 6.45) is 2.70. The lowest BCUT2D eigenvalue weighted by Crippen LogP contribution is -2.06. The van der Waals surface area contributed by atoms with Gasteiger partial charge in [-0.1, -0.05) is 19.1 Å². The van der Waals surface area contributed by atoms with Crippen molar-refractivity contribution in [2.45, 2.75) is 19.8 Å². The number of esters is 2. The maximum absolute atomic E-state index is 12.1. The van der Waals surface area contributed by atoms with Crippen LogP contribution >= 0.6 is 22.6 Å². The number of hydrogen-bond donors (Lipinski definition) is 0. The van der Waals surface area contributed by atoms with Crippen molar-refractivity contribution < 1.29 is 19.1 Å². The number of carbonyl (C=O) groups is 2. The van der Waals surface area contributed by atoms with Crippen LogP contribution in [0.3, 0.4) is 0 Å². The molecule has 2 aromatic carbocycles. The molecule has 0 radical (unpaired) electrons. The predicted octanol–water partition coefficient (Wildman–Crippen LogP) is 4.34. The van der Waals surface area contributed by atoms with Crippen LogP contribution in [0.25, 0.3) is 6.08 Å². The first-order valence-electron chi connectivity index (χ1n) is 8.14. The van der Waals surface area contributed by atoms with E-state index in [0.29, 0.717) is 17.7 Å². The molecule has 1 aliphatic rings. The monoisotopic (exact) mass is 461 g/mol.